The summed E-state index contributed by atoms with van der Waals surface area (Å²) in [5, 5.41) is 21.1. The SMILES string of the molecule is COC1=CC=C(CC(=O)Nc2ccc(O)cc2C(=O)O)CC1OC. The maximum Gasteiger partial charge on any atom is 0.337 e. The van der Waals surface area contributed by atoms with Crippen molar-refractivity contribution >= 4 is 17.6 Å². The number of rotatable bonds is 6. The zero-order valence-corrected chi connectivity index (χ0v) is 13.4. The summed E-state index contributed by atoms with van der Waals surface area (Å²) in [6, 6.07) is 3.76. The molecule has 0 saturated carbocycles. The molecule has 3 N–H and O–H groups in total. The van der Waals surface area contributed by atoms with Crippen LogP contribution < -0.4 is 5.32 Å². The third kappa shape index (κ3) is 4.14. The Morgan fingerprint density at radius 3 is 2.67 bits per heavy atom. The van der Waals surface area contributed by atoms with Gasteiger partial charge in [-0.05, 0) is 24.3 Å². The molecule has 1 unspecified atom stereocenters. The molecular weight excluding hydrogens is 314 g/mol. The summed E-state index contributed by atoms with van der Waals surface area (Å²) < 4.78 is 10.5. The maximum absolute atomic E-state index is 12.2. The number of allylic oxidation sites excluding steroid dienone is 2. The lowest BCUT2D eigenvalue weighted by atomic mass is 9.98. The van der Waals surface area contributed by atoms with Crippen LogP contribution in [-0.4, -0.2) is 42.4 Å². The predicted molar refractivity (Wildman–Crippen MR) is 86.9 cm³/mol. The number of carbonyl (C=O) groups is 2. The molecule has 1 aromatic carbocycles. The highest BCUT2D eigenvalue weighted by Gasteiger charge is 2.21. The molecule has 0 radical (unpaired) electrons. The van der Waals surface area contributed by atoms with Crippen molar-refractivity contribution in [1.82, 2.24) is 0 Å². The number of carboxylic acids is 1. The van der Waals surface area contributed by atoms with Crippen LogP contribution in [-0.2, 0) is 14.3 Å². The number of phenolic OH excluding ortho intramolecular Hbond substituents is 1. The molecule has 1 aliphatic carbocycles. The number of carboxylic acid groups (broad SMARTS) is 1. The molecule has 24 heavy (non-hydrogen) atoms. The second-order valence-electron chi connectivity index (χ2n) is 5.29. The van der Waals surface area contributed by atoms with Gasteiger partial charge in [0.2, 0.25) is 5.91 Å². The first-order valence-electron chi connectivity index (χ1n) is 7.27. The van der Waals surface area contributed by atoms with E-state index >= 15 is 0 Å². The van der Waals surface area contributed by atoms with Crippen molar-refractivity contribution in [2.75, 3.05) is 19.5 Å². The molecule has 1 aliphatic rings. The van der Waals surface area contributed by atoms with Gasteiger partial charge in [-0.3, -0.25) is 4.79 Å². The molecule has 7 nitrogen and oxygen atoms in total. The quantitative estimate of drug-likeness (QED) is 0.690. The van der Waals surface area contributed by atoms with Gasteiger partial charge in [-0.1, -0.05) is 11.6 Å². The summed E-state index contributed by atoms with van der Waals surface area (Å²) >= 11 is 0. The summed E-state index contributed by atoms with van der Waals surface area (Å²) in [7, 11) is 3.12. The van der Waals surface area contributed by atoms with Crippen LogP contribution in [0.1, 0.15) is 23.2 Å². The molecule has 128 valence electrons. The van der Waals surface area contributed by atoms with E-state index in [9.17, 15) is 14.7 Å². The Hall–Kier alpha value is -2.80. The summed E-state index contributed by atoms with van der Waals surface area (Å²) in [6.07, 6.45) is 3.93. The van der Waals surface area contributed by atoms with Crippen molar-refractivity contribution in [3.05, 3.63) is 47.2 Å². The topological polar surface area (TPSA) is 105 Å². The lowest BCUT2D eigenvalue weighted by molar-refractivity contribution is -0.115. The van der Waals surface area contributed by atoms with Crippen LogP contribution in [0, 0.1) is 0 Å². The van der Waals surface area contributed by atoms with Crippen LogP contribution in [0.25, 0.3) is 0 Å². The van der Waals surface area contributed by atoms with Gasteiger partial charge in [0.25, 0.3) is 0 Å². The average molecular weight is 333 g/mol. The van der Waals surface area contributed by atoms with Gasteiger partial charge >= 0.3 is 5.97 Å². The van der Waals surface area contributed by atoms with Crippen molar-refractivity contribution in [2.45, 2.75) is 18.9 Å². The van der Waals surface area contributed by atoms with Gasteiger partial charge < -0.3 is 25.0 Å². The zero-order valence-electron chi connectivity index (χ0n) is 13.4. The first-order chi connectivity index (χ1) is 11.4. The number of hydrogen-bond acceptors (Lipinski definition) is 5. The Balaban J connectivity index is 2.08. The minimum atomic E-state index is -1.23. The van der Waals surface area contributed by atoms with E-state index < -0.39 is 5.97 Å². The zero-order chi connectivity index (χ0) is 17.7. The molecule has 1 aromatic rings. The normalized spacial score (nSPS) is 16.8. The van der Waals surface area contributed by atoms with E-state index in [0.717, 1.165) is 11.6 Å². The summed E-state index contributed by atoms with van der Waals surface area (Å²) in [6.45, 7) is 0. The van der Waals surface area contributed by atoms with E-state index in [1.165, 1.54) is 12.1 Å². The number of nitrogens with one attached hydrogen (secondary N) is 1. The van der Waals surface area contributed by atoms with Crippen molar-refractivity contribution in [3.8, 4) is 5.75 Å². The Morgan fingerprint density at radius 2 is 2.04 bits per heavy atom. The third-order valence-electron chi connectivity index (χ3n) is 3.66. The summed E-state index contributed by atoms with van der Waals surface area (Å²) in [5.41, 5.74) is 0.811. The monoisotopic (exact) mass is 333 g/mol. The van der Waals surface area contributed by atoms with Gasteiger partial charge in [0.15, 0.2) is 0 Å². The van der Waals surface area contributed by atoms with Gasteiger partial charge in [0.05, 0.1) is 18.4 Å². The minimum Gasteiger partial charge on any atom is -0.508 e. The van der Waals surface area contributed by atoms with Crippen LogP contribution in [0.3, 0.4) is 0 Å². The maximum atomic E-state index is 12.2. The van der Waals surface area contributed by atoms with Crippen LogP contribution >= 0.6 is 0 Å². The van der Waals surface area contributed by atoms with E-state index in [1.54, 1.807) is 26.4 Å². The Labute approximate surface area is 139 Å². The predicted octanol–water partition coefficient (Wildman–Crippen LogP) is 2.29. The van der Waals surface area contributed by atoms with E-state index in [0.29, 0.717) is 12.2 Å². The molecule has 0 heterocycles. The fraction of sp³-hybridized carbons (Fsp3) is 0.294. The van der Waals surface area contributed by atoms with Crippen molar-refractivity contribution < 1.29 is 29.3 Å². The Kier molecular flexibility index (Phi) is 5.59. The summed E-state index contributed by atoms with van der Waals surface area (Å²) in [5.74, 6) is -1.07. The lowest BCUT2D eigenvalue weighted by Gasteiger charge is -2.22. The van der Waals surface area contributed by atoms with Crippen molar-refractivity contribution in [3.63, 3.8) is 0 Å². The smallest absolute Gasteiger partial charge is 0.337 e. The number of amides is 1. The van der Waals surface area contributed by atoms with Crippen molar-refractivity contribution in [1.29, 1.82) is 0 Å². The number of carbonyl (C=O) groups excluding carboxylic acids is 1. The van der Waals surface area contributed by atoms with E-state index in [2.05, 4.69) is 5.32 Å². The van der Waals surface area contributed by atoms with Crippen LogP contribution in [0.2, 0.25) is 0 Å². The molecule has 0 aliphatic heterocycles. The third-order valence-corrected chi connectivity index (χ3v) is 3.66. The number of ether oxygens (including phenoxy) is 2. The van der Waals surface area contributed by atoms with Gasteiger partial charge in [0.1, 0.15) is 17.6 Å². The standard InChI is InChI=1S/C17H19NO6/c1-23-14-6-3-10(7-15(14)24-2)8-16(20)18-13-5-4-11(19)9-12(13)17(21)22/h3-6,9,15,19H,7-8H2,1-2H3,(H,18,20)(H,21,22). The van der Waals surface area contributed by atoms with E-state index in [4.69, 9.17) is 14.6 Å². The highest BCUT2D eigenvalue weighted by Crippen LogP contribution is 2.25. The van der Waals surface area contributed by atoms with Crippen LogP contribution in [0.4, 0.5) is 5.69 Å². The van der Waals surface area contributed by atoms with Crippen LogP contribution in [0.5, 0.6) is 5.75 Å². The Morgan fingerprint density at radius 1 is 1.29 bits per heavy atom. The van der Waals surface area contributed by atoms with E-state index in [-0.39, 0.29) is 35.4 Å². The molecule has 7 heteroatoms. The summed E-state index contributed by atoms with van der Waals surface area (Å²) in [4.78, 5) is 23.4. The van der Waals surface area contributed by atoms with Crippen LogP contribution in [0.15, 0.2) is 41.7 Å². The lowest BCUT2D eigenvalue weighted by Crippen LogP contribution is -2.21. The van der Waals surface area contributed by atoms with Gasteiger partial charge in [-0.2, -0.15) is 0 Å². The number of methoxy groups -OCH3 is 2. The minimum absolute atomic E-state index is 0.104. The van der Waals surface area contributed by atoms with Gasteiger partial charge in [-0.15, -0.1) is 0 Å². The highest BCUT2D eigenvalue weighted by molar-refractivity contribution is 6.01. The molecular formula is C17H19NO6. The van der Waals surface area contributed by atoms with Crippen molar-refractivity contribution in [2.24, 2.45) is 0 Å². The number of aromatic hydroxyl groups is 1. The molecule has 0 bridgehead atoms. The average Bonchev–Trinajstić information content (AvgIpc) is 2.56. The second kappa shape index (κ2) is 7.65. The number of phenols is 1. The molecule has 1 atom stereocenters. The first kappa shape index (κ1) is 17.6. The second-order valence-corrected chi connectivity index (χ2v) is 5.29. The highest BCUT2D eigenvalue weighted by atomic mass is 16.5. The fourth-order valence-electron chi connectivity index (χ4n) is 2.46. The number of benzene rings is 1. The number of aromatic carboxylic acids is 1. The fourth-order valence-corrected chi connectivity index (χ4v) is 2.46. The number of anilines is 1. The Bertz CT molecular complexity index is 707. The molecule has 0 saturated heterocycles. The van der Waals surface area contributed by atoms with Gasteiger partial charge in [-0.25, -0.2) is 4.79 Å². The van der Waals surface area contributed by atoms with Gasteiger partial charge in [0, 0.05) is 20.0 Å². The molecule has 0 fully saturated rings. The molecule has 2 rings (SSSR count). The molecule has 1 amide bonds. The number of hydrogen-bond donors (Lipinski definition) is 3. The largest absolute Gasteiger partial charge is 0.508 e. The van der Waals surface area contributed by atoms with E-state index in [1.807, 2.05) is 0 Å². The molecule has 0 spiro atoms. The molecule has 0 aromatic heterocycles. The first-order valence-corrected chi connectivity index (χ1v) is 7.27.